The lowest BCUT2D eigenvalue weighted by Gasteiger charge is -2.40. The number of nitrogens with zero attached hydrogens (tertiary/aromatic N) is 5. The highest BCUT2D eigenvalue weighted by molar-refractivity contribution is 5.73. The van der Waals surface area contributed by atoms with E-state index in [4.69, 9.17) is 4.42 Å². The van der Waals surface area contributed by atoms with E-state index >= 15 is 0 Å². The molecule has 0 aliphatic carbocycles. The van der Waals surface area contributed by atoms with E-state index in [-0.39, 0.29) is 14.8 Å². The maximum absolute atomic E-state index is 11.1. The molecule has 1 aromatic carbocycles. The average Bonchev–Trinajstić information content (AvgIpc) is 3.09. The van der Waals surface area contributed by atoms with Crippen molar-refractivity contribution in [2.24, 2.45) is 0 Å². The molecule has 26 heavy (non-hydrogen) atoms. The number of carbonyl (C=O) groups is 1. The van der Waals surface area contributed by atoms with E-state index in [9.17, 15) is 4.79 Å². The summed E-state index contributed by atoms with van der Waals surface area (Å²) in [6.07, 6.45) is 1.72. The predicted molar refractivity (Wildman–Crippen MR) is 99.5 cm³/mol. The molecule has 2 aromatic heterocycles. The Morgan fingerprint density at radius 1 is 1.23 bits per heavy atom. The summed E-state index contributed by atoms with van der Waals surface area (Å²) >= 11 is 0. The monoisotopic (exact) mass is 354 g/mol. The third kappa shape index (κ3) is 3.13. The maximum atomic E-state index is 11.1. The summed E-state index contributed by atoms with van der Waals surface area (Å²) in [7, 11) is 0. The van der Waals surface area contributed by atoms with Gasteiger partial charge in [-0.15, -0.1) is 10.2 Å². The minimum absolute atomic E-state index is 0. The van der Waals surface area contributed by atoms with Gasteiger partial charge in [0, 0.05) is 28.4 Å². The summed E-state index contributed by atoms with van der Waals surface area (Å²) in [5, 5.41) is 11.1. The van der Waals surface area contributed by atoms with Crippen molar-refractivity contribution in [1.29, 1.82) is 0 Å². The topological polar surface area (TPSA) is 97.0 Å². The summed E-state index contributed by atoms with van der Waals surface area (Å²) < 4.78 is 5.80. The Bertz CT molecular complexity index is 944. The molecule has 3 heterocycles. The van der Waals surface area contributed by atoms with Gasteiger partial charge in [-0.2, -0.15) is 0 Å². The largest absolute Gasteiger partial charge is 0.415 e. The van der Waals surface area contributed by atoms with Gasteiger partial charge in [-0.25, -0.2) is 4.98 Å². The number of benzene rings is 1. The van der Waals surface area contributed by atoms with Gasteiger partial charge >= 0.3 is 0 Å². The first-order chi connectivity index (χ1) is 12.6. The number of rotatable bonds is 4. The molecule has 0 radical (unpaired) electrons. The van der Waals surface area contributed by atoms with Crippen LogP contribution in [0.25, 0.3) is 23.0 Å². The van der Waals surface area contributed by atoms with Crippen molar-refractivity contribution in [3.63, 3.8) is 0 Å². The Balaban J connectivity index is 0.00000140. The van der Waals surface area contributed by atoms with Crippen LogP contribution in [0.2, 0.25) is 0 Å². The number of amides is 1. The van der Waals surface area contributed by atoms with Gasteiger partial charge in [0.15, 0.2) is 5.69 Å². The number of aryl methyl sites for hydroxylation is 1. The maximum Gasteiger partial charge on any atom is 0.268 e. The van der Waals surface area contributed by atoms with E-state index in [0.717, 1.165) is 17.1 Å². The Kier molecular flexibility index (Phi) is 4.08. The molecule has 1 fully saturated rings. The number of anilines is 1. The molecule has 136 valence electrons. The highest BCUT2D eigenvalue weighted by Crippen LogP contribution is 2.26. The van der Waals surface area contributed by atoms with E-state index in [0.29, 0.717) is 30.6 Å². The van der Waals surface area contributed by atoms with Gasteiger partial charge in [-0.05, 0) is 19.1 Å². The number of aromatic nitrogens is 4. The van der Waals surface area contributed by atoms with E-state index in [1.54, 1.807) is 6.20 Å². The van der Waals surface area contributed by atoms with E-state index < -0.39 is 0 Å². The summed E-state index contributed by atoms with van der Waals surface area (Å²) in [5.41, 5.74) is 2.14. The fourth-order valence-corrected chi connectivity index (χ4v) is 2.86. The molecule has 1 aliphatic rings. The first-order valence-corrected chi connectivity index (χ1v) is 8.35. The zero-order valence-corrected chi connectivity index (χ0v) is 14.5. The lowest BCUT2D eigenvalue weighted by molar-refractivity contribution is -0.119. The van der Waals surface area contributed by atoms with Crippen LogP contribution in [0.1, 0.15) is 15.5 Å². The van der Waals surface area contributed by atoms with Crippen molar-refractivity contribution >= 4 is 11.7 Å². The predicted octanol–water partition coefficient (Wildman–Crippen LogP) is 2.32. The van der Waals surface area contributed by atoms with Gasteiger partial charge in [-0.1, -0.05) is 18.2 Å². The van der Waals surface area contributed by atoms with Crippen LogP contribution in [-0.2, 0) is 4.79 Å². The number of nitrogens with one attached hydrogen (secondary N) is 1. The second-order valence-electron chi connectivity index (χ2n) is 6.24. The molecule has 1 amide bonds. The minimum atomic E-state index is -0.0235. The molecule has 0 spiro atoms. The first kappa shape index (κ1) is 16.2. The van der Waals surface area contributed by atoms with E-state index in [1.807, 2.05) is 42.2 Å². The van der Waals surface area contributed by atoms with Crippen molar-refractivity contribution in [3.8, 4) is 23.0 Å². The molecule has 0 bridgehead atoms. The third-order valence-electron chi connectivity index (χ3n) is 4.20. The lowest BCUT2D eigenvalue weighted by atomic mass is 10.1. The molecule has 4 rings (SSSR count). The third-order valence-corrected chi connectivity index (χ3v) is 4.20. The highest BCUT2D eigenvalue weighted by Gasteiger charge is 2.29. The fourth-order valence-electron chi connectivity index (χ4n) is 2.86. The van der Waals surface area contributed by atoms with E-state index in [2.05, 4.69) is 25.5 Å². The molecule has 8 nitrogen and oxygen atoms in total. The summed E-state index contributed by atoms with van der Waals surface area (Å²) in [6.45, 7) is 4.78. The number of hydrogen-bond donors (Lipinski definition) is 1. The van der Waals surface area contributed by atoms with Crippen LogP contribution in [0, 0.1) is 6.92 Å². The standard InChI is InChI=1S/C18H18N6O2.2H2/c1-11-16(18-23-22-17(26-18)13-6-4-3-5-7-13)21-15(8-19-11)24-9-14(10-24)20-12(2)25;;/h3-8,14H,9-10H2,1-2H3,(H,20,25);2*1H. The average molecular weight is 354 g/mol. The quantitative estimate of drug-likeness (QED) is 0.768. The minimum Gasteiger partial charge on any atom is -0.415 e. The van der Waals surface area contributed by atoms with Crippen molar-refractivity contribution in [3.05, 3.63) is 42.2 Å². The van der Waals surface area contributed by atoms with Crippen LogP contribution in [0.15, 0.2) is 40.9 Å². The van der Waals surface area contributed by atoms with Crippen LogP contribution in [0.3, 0.4) is 0 Å². The van der Waals surface area contributed by atoms with Crippen molar-refractivity contribution in [2.45, 2.75) is 19.9 Å². The molecular formula is C18H22N6O2. The van der Waals surface area contributed by atoms with Gasteiger partial charge in [0.05, 0.1) is 17.9 Å². The molecule has 0 saturated carbocycles. The fraction of sp³-hybridized carbons (Fsp3) is 0.278. The second-order valence-corrected chi connectivity index (χ2v) is 6.24. The molecule has 1 N–H and O–H groups in total. The van der Waals surface area contributed by atoms with Crippen LogP contribution in [-0.4, -0.2) is 45.2 Å². The summed E-state index contributed by atoms with van der Waals surface area (Å²) in [5.74, 6) is 1.49. The lowest BCUT2D eigenvalue weighted by Crippen LogP contribution is -2.59. The zero-order valence-electron chi connectivity index (χ0n) is 14.5. The molecule has 0 unspecified atom stereocenters. The first-order valence-electron chi connectivity index (χ1n) is 8.35. The second kappa shape index (κ2) is 6.55. The normalized spacial score (nSPS) is 14.2. The smallest absolute Gasteiger partial charge is 0.268 e. The molecular weight excluding hydrogens is 332 g/mol. The number of carbonyl (C=O) groups excluding carboxylic acids is 1. The molecule has 8 heteroatoms. The van der Waals surface area contributed by atoms with Gasteiger partial charge in [-0.3, -0.25) is 9.78 Å². The van der Waals surface area contributed by atoms with Crippen LogP contribution < -0.4 is 10.2 Å². The summed E-state index contributed by atoms with van der Waals surface area (Å²) in [6, 6.07) is 9.73. The molecule has 0 atom stereocenters. The highest BCUT2D eigenvalue weighted by atomic mass is 16.4. The summed E-state index contributed by atoms with van der Waals surface area (Å²) in [4.78, 5) is 22.2. The van der Waals surface area contributed by atoms with Crippen LogP contribution in [0.4, 0.5) is 5.82 Å². The van der Waals surface area contributed by atoms with Crippen LogP contribution >= 0.6 is 0 Å². The van der Waals surface area contributed by atoms with Gasteiger partial charge in [0.25, 0.3) is 5.89 Å². The van der Waals surface area contributed by atoms with Crippen molar-refractivity contribution < 1.29 is 12.1 Å². The SMILES string of the molecule is CC(=O)NC1CN(c2cnc(C)c(-c3nnc(-c4ccccc4)o3)n2)C1.[HH].[HH]. The molecule has 1 saturated heterocycles. The van der Waals surface area contributed by atoms with Crippen LogP contribution in [0.5, 0.6) is 0 Å². The molecule has 3 aromatic rings. The van der Waals surface area contributed by atoms with Gasteiger partial charge < -0.3 is 14.6 Å². The molecule has 1 aliphatic heterocycles. The zero-order chi connectivity index (χ0) is 18.1. The van der Waals surface area contributed by atoms with Gasteiger partial charge in [0.1, 0.15) is 5.82 Å². The number of hydrogen-bond acceptors (Lipinski definition) is 7. The Labute approximate surface area is 153 Å². The Hall–Kier alpha value is -3.29. The Morgan fingerprint density at radius 3 is 2.69 bits per heavy atom. The van der Waals surface area contributed by atoms with Crippen molar-refractivity contribution in [1.82, 2.24) is 25.5 Å². The van der Waals surface area contributed by atoms with Crippen molar-refractivity contribution in [2.75, 3.05) is 18.0 Å². The van der Waals surface area contributed by atoms with Gasteiger partial charge in [0.2, 0.25) is 11.8 Å². The Morgan fingerprint density at radius 2 is 1.96 bits per heavy atom. The van der Waals surface area contributed by atoms with E-state index in [1.165, 1.54) is 6.92 Å².